The first-order valence-corrected chi connectivity index (χ1v) is 17.3. The first kappa shape index (κ1) is 40.6. The highest BCUT2D eigenvalue weighted by Crippen LogP contribution is 2.32. The zero-order chi connectivity index (χ0) is 37.7. The number of amides is 4. The second kappa shape index (κ2) is 16.9. The first-order chi connectivity index (χ1) is 23.4. The van der Waals surface area contributed by atoms with Crippen molar-refractivity contribution in [1.29, 1.82) is 0 Å². The van der Waals surface area contributed by atoms with Gasteiger partial charge in [-0.1, -0.05) is 34.1 Å². The molecule has 5 atom stereocenters. The van der Waals surface area contributed by atoms with Crippen LogP contribution in [0.5, 0.6) is 5.75 Å². The summed E-state index contributed by atoms with van der Waals surface area (Å²) in [5, 5.41) is 9.66. The summed E-state index contributed by atoms with van der Waals surface area (Å²) in [6.45, 7) is 12.1. The van der Waals surface area contributed by atoms with Crippen LogP contribution < -0.4 is 20.7 Å². The van der Waals surface area contributed by atoms with Crippen LogP contribution in [0.25, 0.3) is 0 Å². The number of aromatic nitrogens is 1. The second-order valence-electron chi connectivity index (χ2n) is 13.0. The maximum absolute atomic E-state index is 14.2. The summed E-state index contributed by atoms with van der Waals surface area (Å²) in [5.41, 5.74) is -1.28. The van der Waals surface area contributed by atoms with Gasteiger partial charge in [-0.15, -0.1) is 11.3 Å². The number of thiazole rings is 1. The molecule has 11 nitrogen and oxygen atoms in total. The van der Waals surface area contributed by atoms with Gasteiger partial charge in [-0.05, 0) is 58.5 Å². The minimum atomic E-state index is -2.41. The van der Waals surface area contributed by atoms with Gasteiger partial charge in [-0.2, -0.15) is 8.78 Å². The van der Waals surface area contributed by atoms with Crippen LogP contribution in [0.1, 0.15) is 88.8 Å². The van der Waals surface area contributed by atoms with Crippen molar-refractivity contribution < 1.29 is 45.9 Å². The van der Waals surface area contributed by atoms with E-state index in [9.17, 15) is 41.1 Å². The summed E-state index contributed by atoms with van der Waals surface area (Å²) in [7, 11) is 3.48. The third-order valence-electron chi connectivity index (χ3n) is 9.38. The summed E-state index contributed by atoms with van der Waals surface area (Å²) >= 11 is 0.869. The normalized spacial score (nSPS) is 18.7. The Morgan fingerprint density at radius 2 is 1.62 bits per heavy atom. The average Bonchev–Trinajstić information content (AvgIpc) is 3.71. The fourth-order valence-electron chi connectivity index (χ4n) is 5.82. The number of halogens is 5. The Balaban J connectivity index is 1.91. The van der Waals surface area contributed by atoms with Crippen LogP contribution in [0.4, 0.5) is 26.7 Å². The summed E-state index contributed by atoms with van der Waals surface area (Å²) in [6, 6.07) is -2.90. The monoisotopic (exact) mass is 732 g/mol. The van der Waals surface area contributed by atoms with Crippen molar-refractivity contribution in [2.45, 2.75) is 90.9 Å². The molecule has 3 N–H and O–H groups in total. The van der Waals surface area contributed by atoms with E-state index in [0.29, 0.717) is 12.8 Å². The molecule has 50 heavy (non-hydrogen) atoms. The number of nitrogens with one attached hydrogen (secondary N) is 3. The van der Waals surface area contributed by atoms with Crippen LogP contribution in [0, 0.1) is 40.9 Å². The molecule has 1 saturated heterocycles. The lowest BCUT2D eigenvalue weighted by Crippen LogP contribution is -2.60. The second-order valence-corrected chi connectivity index (χ2v) is 13.9. The van der Waals surface area contributed by atoms with Crippen molar-refractivity contribution in [3.05, 3.63) is 45.2 Å². The number of urea groups is 1. The van der Waals surface area contributed by atoms with E-state index in [0.717, 1.165) is 29.7 Å². The van der Waals surface area contributed by atoms with Crippen LogP contribution >= 0.6 is 11.3 Å². The number of ether oxygens (including phenoxy) is 1. The SMILES string of the molecule is CCNC(=O)NC(CC(C(C)C)N(C)C(=O)C(NC(=O)[C@@]1(C)CCCN1C)C(C)CC)c1nc(C(=O)Oc2c(F)c(F)c(F)c(F)c2F)cs1. The molecule has 0 saturated carbocycles. The van der Waals surface area contributed by atoms with Crippen molar-refractivity contribution in [2.75, 3.05) is 27.2 Å². The smallest absolute Gasteiger partial charge is 0.363 e. The summed E-state index contributed by atoms with van der Waals surface area (Å²) in [6.07, 6.45) is 2.19. The van der Waals surface area contributed by atoms with Crippen LogP contribution in [0.2, 0.25) is 0 Å². The fourth-order valence-corrected chi connectivity index (χ4v) is 6.67. The Morgan fingerprint density at radius 1 is 1.02 bits per heavy atom. The van der Waals surface area contributed by atoms with Gasteiger partial charge in [-0.3, -0.25) is 14.5 Å². The van der Waals surface area contributed by atoms with E-state index in [1.54, 1.807) is 14.0 Å². The average molecular weight is 733 g/mol. The number of esters is 1. The third-order valence-corrected chi connectivity index (χ3v) is 10.3. The lowest BCUT2D eigenvalue weighted by Gasteiger charge is -2.38. The molecule has 0 aliphatic carbocycles. The Morgan fingerprint density at radius 3 is 2.14 bits per heavy atom. The molecule has 4 unspecified atom stereocenters. The Hall–Kier alpha value is -3.86. The number of hydrogen-bond donors (Lipinski definition) is 3. The molecule has 0 radical (unpaired) electrons. The maximum Gasteiger partial charge on any atom is 0.363 e. The number of benzene rings is 1. The Labute approximate surface area is 292 Å². The van der Waals surface area contributed by atoms with E-state index in [1.807, 2.05) is 46.6 Å². The first-order valence-electron chi connectivity index (χ1n) is 16.4. The molecule has 2 aromatic rings. The summed E-state index contributed by atoms with van der Waals surface area (Å²) < 4.78 is 73.7. The summed E-state index contributed by atoms with van der Waals surface area (Å²) in [5.74, 6) is -15.9. The van der Waals surface area contributed by atoms with Gasteiger partial charge in [0.15, 0.2) is 5.69 Å². The van der Waals surface area contributed by atoms with E-state index in [2.05, 4.69) is 25.7 Å². The molecule has 0 spiro atoms. The molecule has 2 heterocycles. The molecule has 3 rings (SSSR count). The Kier molecular flexibility index (Phi) is 13.7. The zero-order valence-electron chi connectivity index (χ0n) is 29.4. The molecule has 278 valence electrons. The van der Waals surface area contributed by atoms with E-state index in [1.165, 1.54) is 4.90 Å². The number of carbonyl (C=O) groups is 4. The quantitative estimate of drug-likeness (QED) is 0.0789. The van der Waals surface area contributed by atoms with Crippen LogP contribution in [-0.4, -0.2) is 83.4 Å². The topological polar surface area (TPSA) is 133 Å². The van der Waals surface area contributed by atoms with E-state index < -0.39 is 76.2 Å². The van der Waals surface area contributed by atoms with E-state index >= 15 is 0 Å². The van der Waals surface area contributed by atoms with Gasteiger partial charge in [-0.25, -0.2) is 27.7 Å². The van der Waals surface area contributed by atoms with Crippen LogP contribution in [-0.2, 0) is 9.59 Å². The minimum Gasteiger partial charge on any atom is -0.415 e. The molecule has 1 aliphatic heterocycles. The molecule has 4 amide bonds. The molecule has 1 fully saturated rings. The Bertz CT molecular complexity index is 1550. The lowest BCUT2D eigenvalue weighted by atomic mass is 9.91. The van der Waals surface area contributed by atoms with Crippen molar-refractivity contribution in [3.63, 3.8) is 0 Å². The van der Waals surface area contributed by atoms with E-state index in [4.69, 9.17) is 0 Å². The highest BCUT2D eigenvalue weighted by Gasteiger charge is 2.44. The minimum absolute atomic E-state index is 0.0817. The van der Waals surface area contributed by atoms with Gasteiger partial charge >= 0.3 is 12.0 Å². The highest BCUT2D eigenvalue weighted by molar-refractivity contribution is 7.09. The lowest BCUT2D eigenvalue weighted by molar-refractivity contribution is -0.142. The van der Waals surface area contributed by atoms with Gasteiger partial charge < -0.3 is 25.6 Å². The number of carbonyl (C=O) groups excluding carboxylic acids is 4. The number of likely N-dealkylation sites (N-methyl/N-ethyl adjacent to an activating group) is 2. The standard InChI is InChI=1S/C33H45F5N6O5S/c1-9-17(5)26(42-31(47)33(6)12-11-13-43(33)7)29(45)44(8)20(16(3)4)14-18(41-32(48)39-10-2)28-40-19(15-50-28)30(46)49-27-24(37)22(35)21(34)23(36)25(27)38/h15-18,20,26H,9-14H2,1-8H3,(H,42,47)(H2,39,41,48)/t17?,18?,20?,26?,33-/m1/s1. The molecular weight excluding hydrogens is 687 g/mol. The van der Waals surface area contributed by atoms with E-state index in [-0.39, 0.29) is 41.6 Å². The molecule has 1 aliphatic rings. The molecule has 1 aromatic carbocycles. The van der Waals surface area contributed by atoms with Gasteiger partial charge in [0.25, 0.3) is 0 Å². The third kappa shape index (κ3) is 8.71. The molecular formula is C33H45F5N6O5S. The fraction of sp³-hybridized carbons (Fsp3) is 0.606. The predicted octanol–water partition coefficient (Wildman–Crippen LogP) is 5.31. The largest absolute Gasteiger partial charge is 0.415 e. The van der Waals surface area contributed by atoms with Crippen molar-refractivity contribution in [3.8, 4) is 5.75 Å². The zero-order valence-corrected chi connectivity index (χ0v) is 30.2. The van der Waals surface area contributed by atoms with Gasteiger partial charge in [0.2, 0.25) is 46.6 Å². The number of nitrogens with zero attached hydrogens (tertiary/aromatic N) is 3. The van der Waals surface area contributed by atoms with Gasteiger partial charge in [0.1, 0.15) is 11.0 Å². The number of rotatable bonds is 14. The maximum atomic E-state index is 14.2. The van der Waals surface area contributed by atoms with Gasteiger partial charge in [0, 0.05) is 25.0 Å². The van der Waals surface area contributed by atoms with Crippen molar-refractivity contribution in [2.24, 2.45) is 11.8 Å². The van der Waals surface area contributed by atoms with Gasteiger partial charge in [0.05, 0.1) is 11.6 Å². The highest BCUT2D eigenvalue weighted by atomic mass is 32.1. The number of likely N-dealkylation sites (tertiary alicyclic amines) is 1. The number of hydrogen-bond acceptors (Lipinski definition) is 8. The molecule has 0 bridgehead atoms. The summed E-state index contributed by atoms with van der Waals surface area (Å²) in [4.78, 5) is 60.8. The van der Waals surface area contributed by atoms with Crippen molar-refractivity contribution in [1.82, 2.24) is 30.7 Å². The predicted molar refractivity (Wildman–Crippen MR) is 176 cm³/mol. The molecule has 17 heteroatoms. The van der Waals surface area contributed by atoms with Crippen molar-refractivity contribution >= 4 is 35.2 Å². The van der Waals surface area contributed by atoms with Crippen LogP contribution in [0.15, 0.2) is 5.38 Å². The van der Waals surface area contributed by atoms with Crippen LogP contribution in [0.3, 0.4) is 0 Å². The molecule has 1 aromatic heterocycles.